The second-order valence-electron chi connectivity index (χ2n) is 6.95. The van der Waals surface area contributed by atoms with E-state index < -0.39 is 23.1 Å². The fourth-order valence-electron chi connectivity index (χ4n) is 3.50. The maximum absolute atomic E-state index is 13.7. The highest BCUT2D eigenvalue weighted by atomic mass is 35.5. The monoisotopic (exact) mass is 447 g/mol. The maximum Gasteiger partial charge on any atom is 0.279 e. The molecule has 0 fully saturated rings. The Balaban J connectivity index is 1.73. The molecule has 1 aliphatic heterocycles. The molecule has 2 aromatic carbocycles. The quantitative estimate of drug-likeness (QED) is 0.473. The van der Waals surface area contributed by atoms with Gasteiger partial charge >= 0.3 is 0 Å². The molecule has 4 rings (SSSR count). The molecule has 0 saturated heterocycles. The van der Waals surface area contributed by atoms with Gasteiger partial charge in [0, 0.05) is 36.2 Å². The molecular formula is C21H16ClF2N3O2S. The van der Waals surface area contributed by atoms with Gasteiger partial charge in [0.15, 0.2) is 5.16 Å². The lowest BCUT2D eigenvalue weighted by molar-refractivity contribution is -0.116. The molecule has 1 amide bonds. The number of anilines is 1. The molecule has 0 radical (unpaired) electrons. The molecule has 3 aromatic rings. The average molecular weight is 448 g/mol. The van der Waals surface area contributed by atoms with Gasteiger partial charge in [0.05, 0.1) is 5.56 Å². The van der Waals surface area contributed by atoms with Crippen molar-refractivity contribution in [3.05, 3.63) is 86.2 Å². The van der Waals surface area contributed by atoms with Crippen molar-refractivity contribution in [2.24, 2.45) is 7.05 Å². The number of hydrogen-bond acceptors (Lipinski definition) is 4. The Kier molecular flexibility index (Phi) is 5.62. The number of hydrogen-bond donors (Lipinski definition) is 1. The Labute approximate surface area is 180 Å². The first-order valence-corrected chi connectivity index (χ1v) is 10.4. The molecule has 0 saturated carbocycles. The molecule has 1 aliphatic rings. The Morgan fingerprint density at radius 1 is 1.20 bits per heavy atom. The van der Waals surface area contributed by atoms with Gasteiger partial charge in [-0.15, -0.1) is 0 Å². The van der Waals surface area contributed by atoms with Gasteiger partial charge in [-0.2, -0.15) is 4.98 Å². The van der Waals surface area contributed by atoms with Gasteiger partial charge in [0.25, 0.3) is 5.56 Å². The van der Waals surface area contributed by atoms with Gasteiger partial charge < -0.3 is 9.88 Å². The van der Waals surface area contributed by atoms with Crippen LogP contribution in [0.1, 0.15) is 29.0 Å². The van der Waals surface area contributed by atoms with Crippen molar-refractivity contribution >= 4 is 35.1 Å². The SMILES string of the molecule is Cn1c(SCc2cccc(Cl)c2)nc(=O)c2c1NC(=O)C[C@@H]2c1cc(F)cc(F)c1. The standard InChI is InChI=1S/C21H16ClF2N3O2S/c1-27-19-18(16(9-17(28)25-19)12-6-14(23)8-15(24)7-12)20(29)26-21(27)30-10-11-3-2-4-13(22)5-11/h2-8,16H,9-10H2,1H3,(H,25,28)/t16-/m1/s1. The zero-order valence-corrected chi connectivity index (χ0v) is 17.4. The summed E-state index contributed by atoms with van der Waals surface area (Å²) in [5.41, 5.74) is 0.860. The van der Waals surface area contributed by atoms with Crippen LogP contribution in [0.4, 0.5) is 14.6 Å². The lowest BCUT2D eigenvalue weighted by Crippen LogP contribution is -2.33. The van der Waals surface area contributed by atoms with Crippen LogP contribution >= 0.6 is 23.4 Å². The first-order valence-electron chi connectivity index (χ1n) is 9.06. The van der Waals surface area contributed by atoms with Gasteiger partial charge in [0.2, 0.25) is 5.91 Å². The van der Waals surface area contributed by atoms with E-state index in [-0.39, 0.29) is 29.3 Å². The number of aromatic nitrogens is 2. The fourth-order valence-corrected chi connectivity index (χ4v) is 4.62. The summed E-state index contributed by atoms with van der Waals surface area (Å²) in [5.74, 6) is -1.85. The van der Waals surface area contributed by atoms with E-state index in [1.165, 1.54) is 11.8 Å². The highest BCUT2D eigenvalue weighted by molar-refractivity contribution is 7.98. The van der Waals surface area contributed by atoms with Gasteiger partial charge in [-0.1, -0.05) is 35.5 Å². The summed E-state index contributed by atoms with van der Waals surface area (Å²) in [4.78, 5) is 29.3. The second-order valence-corrected chi connectivity index (χ2v) is 8.33. The molecule has 0 bridgehead atoms. The van der Waals surface area contributed by atoms with Crippen LogP contribution in [0, 0.1) is 11.6 Å². The second kappa shape index (κ2) is 8.20. The van der Waals surface area contributed by atoms with Crippen LogP contribution in [0.15, 0.2) is 52.4 Å². The summed E-state index contributed by atoms with van der Waals surface area (Å²) in [5, 5.41) is 3.72. The van der Waals surface area contributed by atoms with E-state index in [4.69, 9.17) is 11.6 Å². The Bertz CT molecular complexity index is 1200. The summed E-state index contributed by atoms with van der Waals surface area (Å²) >= 11 is 7.33. The molecule has 154 valence electrons. The number of nitrogens with one attached hydrogen (secondary N) is 1. The molecule has 9 heteroatoms. The number of fused-ring (bicyclic) bond motifs is 1. The number of rotatable bonds is 4. The summed E-state index contributed by atoms with van der Waals surface area (Å²) in [6.07, 6.45) is -0.0954. The number of carbonyl (C=O) groups excluding carboxylic acids is 1. The molecule has 1 aromatic heterocycles. The number of carbonyl (C=O) groups is 1. The van der Waals surface area contributed by atoms with E-state index in [0.717, 1.165) is 23.8 Å². The summed E-state index contributed by atoms with van der Waals surface area (Å²) in [6.45, 7) is 0. The third kappa shape index (κ3) is 4.11. The molecule has 2 heterocycles. The van der Waals surface area contributed by atoms with Gasteiger partial charge in [0.1, 0.15) is 17.5 Å². The van der Waals surface area contributed by atoms with E-state index in [1.807, 2.05) is 18.2 Å². The Morgan fingerprint density at radius 2 is 1.93 bits per heavy atom. The maximum atomic E-state index is 13.7. The van der Waals surface area contributed by atoms with E-state index in [1.54, 1.807) is 17.7 Å². The van der Waals surface area contributed by atoms with Crippen molar-refractivity contribution in [3.8, 4) is 0 Å². The van der Waals surface area contributed by atoms with Crippen LogP contribution in [0.2, 0.25) is 5.02 Å². The highest BCUT2D eigenvalue weighted by Gasteiger charge is 2.32. The summed E-state index contributed by atoms with van der Waals surface area (Å²) in [7, 11) is 1.68. The number of nitrogens with zero attached hydrogens (tertiary/aromatic N) is 2. The first kappa shape index (κ1) is 20.6. The largest absolute Gasteiger partial charge is 0.312 e. The molecule has 0 aliphatic carbocycles. The number of amides is 1. The Morgan fingerprint density at radius 3 is 2.63 bits per heavy atom. The van der Waals surface area contributed by atoms with Crippen molar-refractivity contribution in [1.82, 2.24) is 9.55 Å². The summed E-state index contributed by atoms with van der Waals surface area (Å²) < 4.78 is 29.1. The first-order chi connectivity index (χ1) is 14.3. The predicted octanol–water partition coefficient (Wildman–Crippen LogP) is 4.48. The van der Waals surface area contributed by atoms with Crippen LogP contribution < -0.4 is 10.9 Å². The van der Waals surface area contributed by atoms with Gasteiger partial charge in [-0.05, 0) is 35.4 Å². The van der Waals surface area contributed by atoms with Crippen molar-refractivity contribution in [2.45, 2.75) is 23.2 Å². The zero-order chi connectivity index (χ0) is 21.4. The van der Waals surface area contributed by atoms with Crippen LogP contribution in [0.5, 0.6) is 0 Å². The molecule has 1 atom stereocenters. The normalized spacial score (nSPS) is 15.6. The van der Waals surface area contributed by atoms with E-state index in [2.05, 4.69) is 10.3 Å². The Hall–Kier alpha value is -2.71. The van der Waals surface area contributed by atoms with Crippen molar-refractivity contribution < 1.29 is 13.6 Å². The highest BCUT2D eigenvalue weighted by Crippen LogP contribution is 2.36. The predicted molar refractivity (Wildman–Crippen MR) is 112 cm³/mol. The third-order valence-corrected chi connectivity index (χ3v) is 6.18. The molecule has 30 heavy (non-hydrogen) atoms. The van der Waals surface area contributed by atoms with Gasteiger partial charge in [-0.25, -0.2) is 8.78 Å². The fraction of sp³-hybridized carbons (Fsp3) is 0.190. The topological polar surface area (TPSA) is 64.0 Å². The molecule has 0 spiro atoms. The number of benzene rings is 2. The molecule has 5 nitrogen and oxygen atoms in total. The van der Waals surface area contributed by atoms with Crippen molar-refractivity contribution in [2.75, 3.05) is 5.32 Å². The number of thioether (sulfide) groups is 1. The lowest BCUT2D eigenvalue weighted by Gasteiger charge is -2.27. The van der Waals surface area contributed by atoms with Crippen molar-refractivity contribution in [1.29, 1.82) is 0 Å². The van der Waals surface area contributed by atoms with Crippen LogP contribution in [-0.2, 0) is 17.6 Å². The van der Waals surface area contributed by atoms with E-state index >= 15 is 0 Å². The van der Waals surface area contributed by atoms with Crippen LogP contribution in [0.25, 0.3) is 0 Å². The molecular weight excluding hydrogens is 432 g/mol. The smallest absolute Gasteiger partial charge is 0.279 e. The minimum absolute atomic E-state index is 0.0954. The minimum Gasteiger partial charge on any atom is -0.312 e. The third-order valence-electron chi connectivity index (χ3n) is 4.85. The average Bonchev–Trinajstić information content (AvgIpc) is 2.68. The zero-order valence-electron chi connectivity index (χ0n) is 15.8. The van der Waals surface area contributed by atoms with Crippen LogP contribution in [0.3, 0.4) is 0 Å². The van der Waals surface area contributed by atoms with E-state index in [9.17, 15) is 18.4 Å². The van der Waals surface area contributed by atoms with Crippen LogP contribution in [-0.4, -0.2) is 15.5 Å². The van der Waals surface area contributed by atoms with E-state index in [0.29, 0.717) is 15.9 Å². The van der Waals surface area contributed by atoms with Crippen molar-refractivity contribution in [3.63, 3.8) is 0 Å². The van der Waals surface area contributed by atoms with Gasteiger partial charge in [-0.3, -0.25) is 9.59 Å². The lowest BCUT2D eigenvalue weighted by atomic mass is 9.86. The minimum atomic E-state index is -0.780. The number of halogens is 3. The molecule has 0 unspecified atom stereocenters. The summed E-state index contributed by atoms with van der Waals surface area (Å²) in [6, 6.07) is 10.4. The molecule has 1 N–H and O–H groups in total.